The molecular weight excluding hydrogens is 208 g/mol. The van der Waals surface area contributed by atoms with E-state index in [-0.39, 0.29) is 0 Å². The monoisotopic (exact) mass is 230 g/mol. The number of nitrogens with one attached hydrogen (secondary N) is 1. The predicted octanol–water partition coefficient (Wildman–Crippen LogP) is 3.88. The molecule has 0 unspecified atom stereocenters. The summed E-state index contributed by atoms with van der Waals surface area (Å²) in [5.41, 5.74) is 10.7. The van der Waals surface area contributed by atoms with Crippen LogP contribution in [0, 0.1) is 6.92 Å². The molecule has 0 spiro atoms. The number of hydrogen-bond donors (Lipinski definition) is 2. The third kappa shape index (κ3) is 3.52. The molecule has 0 aliphatic heterocycles. The lowest BCUT2D eigenvalue weighted by Crippen LogP contribution is -2.06. The number of aryl methyl sites for hydroxylation is 1. The molecule has 2 nitrogen and oxygen atoms in total. The normalized spacial score (nSPS) is 15.5. The van der Waals surface area contributed by atoms with E-state index in [0.29, 0.717) is 0 Å². The van der Waals surface area contributed by atoms with Crippen molar-refractivity contribution in [1.82, 2.24) is 0 Å². The first kappa shape index (κ1) is 12.0. The number of anilines is 2. The minimum Gasteiger partial charge on any atom is -0.399 e. The van der Waals surface area contributed by atoms with E-state index in [1.54, 1.807) is 5.57 Å². The largest absolute Gasteiger partial charge is 0.399 e. The zero-order valence-corrected chi connectivity index (χ0v) is 10.6. The molecule has 1 aromatic rings. The zero-order valence-electron chi connectivity index (χ0n) is 10.6. The van der Waals surface area contributed by atoms with Gasteiger partial charge in [-0.3, -0.25) is 0 Å². The Morgan fingerprint density at radius 2 is 2.18 bits per heavy atom. The number of hydrogen-bond acceptors (Lipinski definition) is 2. The van der Waals surface area contributed by atoms with E-state index in [1.165, 1.54) is 36.9 Å². The average molecular weight is 230 g/mol. The van der Waals surface area contributed by atoms with Crippen molar-refractivity contribution in [1.29, 1.82) is 0 Å². The number of rotatable bonds is 4. The van der Waals surface area contributed by atoms with Gasteiger partial charge in [0.15, 0.2) is 0 Å². The maximum atomic E-state index is 5.79. The summed E-state index contributed by atoms with van der Waals surface area (Å²) in [4.78, 5) is 0. The lowest BCUT2D eigenvalue weighted by Gasteiger charge is -2.14. The summed E-state index contributed by atoms with van der Waals surface area (Å²) < 4.78 is 0. The van der Waals surface area contributed by atoms with Gasteiger partial charge in [-0.25, -0.2) is 0 Å². The quantitative estimate of drug-likeness (QED) is 0.608. The fourth-order valence-corrected chi connectivity index (χ4v) is 2.32. The summed E-state index contributed by atoms with van der Waals surface area (Å²) in [7, 11) is 0. The van der Waals surface area contributed by atoms with Crippen LogP contribution in [0.25, 0.3) is 0 Å². The number of nitrogen functional groups attached to an aromatic ring is 1. The fourth-order valence-electron chi connectivity index (χ4n) is 2.32. The molecule has 0 saturated heterocycles. The molecule has 17 heavy (non-hydrogen) atoms. The van der Waals surface area contributed by atoms with Gasteiger partial charge in [0, 0.05) is 17.9 Å². The molecule has 0 aromatic heterocycles. The minimum atomic E-state index is 0.829. The summed E-state index contributed by atoms with van der Waals surface area (Å²) >= 11 is 0. The van der Waals surface area contributed by atoms with Crippen molar-refractivity contribution in [3.63, 3.8) is 0 Å². The van der Waals surface area contributed by atoms with Crippen LogP contribution >= 0.6 is 0 Å². The Labute approximate surface area is 104 Å². The van der Waals surface area contributed by atoms with Crippen molar-refractivity contribution in [3.05, 3.63) is 35.4 Å². The van der Waals surface area contributed by atoms with Gasteiger partial charge >= 0.3 is 0 Å². The number of nitrogens with two attached hydrogens (primary N) is 1. The van der Waals surface area contributed by atoms with Gasteiger partial charge < -0.3 is 11.1 Å². The molecule has 2 rings (SSSR count). The lowest BCUT2D eigenvalue weighted by molar-refractivity contribution is 0.679. The molecule has 0 atom stereocenters. The summed E-state index contributed by atoms with van der Waals surface area (Å²) in [6.07, 6.45) is 8.87. The van der Waals surface area contributed by atoms with E-state index < -0.39 is 0 Å². The highest BCUT2D eigenvalue weighted by Gasteiger charge is 2.03. The highest BCUT2D eigenvalue weighted by Crippen LogP contribution is 2.21. The van der Waals surface area contributed by atoms with Gasteiger partial charge in [-0.1, -0.05) is 17.7 Å². The number of allylic oxidation sites excluding steroid dienone is 1. The van der Waals surface area contributed by atoms with E-state index in [2.05, 4.69) is 24.4 Å². The molecule has 0 heterocycles. The van der Waals surface area contributed by atoms with Gasteiger partial charge in [-0.15, -0.1) is 0 Å². The van der Waals surface area contributed by atoms with Gasteiger partial charge in [-0.05, 0) is 56.7 Å². The fraction of sp³-hybridized carbons (Fsp3) is 0.467. The van der Waals surface area contributed by atoms with E-state index >= 15 is 0 Å². The third-order valence-electron chi connectivity index (χ3n) is 3.41. The lowest BCUT2D eigenvalue weighted by atomic mass is 9.97. The third-order valence-corrected chi connectivity index (χ3v) is 3.41. The molecule has 1 aromatic carbocycles. The van der Waals surface area contributed by atoms with Crippen LogP contribution < -0.4 is 11.1 Å². The Morgan fingerprint density at radius 3 is 2.94 bits per heavy atom. The van der Waals surface area contributed by atoms with Gasteiger partial charge in [0.2, 0.25) is 0 Å². The second-order valence-electron chi connectivity index (χ2n) is 4.86. The van der Waals surface area contributed by atoms with Gasteiger partial charge in [0.25, 0.3) is 0 Å². The van der Waals surface area contributed by atoms with Crippen molar-refractivity contribution in [2.24, 2.45) is 0 Å². The summed E-state index contributed by atoms with van der Waals surface area (Å²) in [6, 6.07) is 6.03. The van der Waals surface area contributed by atoms with Crippen molar-refractivity contribution >= 4 is 11.4 Å². The van der Waals surface area contributed by atoms with Crippen LogP contribution in [0.2, 0.25) is 0 Å². The zero-order chi connectivity index (χ0) is 12.1. The second kappa shape index (κ2) is 5.76. The molecule has 1 aliphatic rings. The molecule has 0 fully saturated rings. The van der Waals surface area contributed by atoms with E-state index in [4.69, 9.17) is 5.73 Å². The van der Waals surface area contributed by atoms with Crippen molar-refractivity contribution in [2.45, 2.75) is 39.0 Å². The maximum Gasteiger partial charge on any atom is 0.0390 e. The summed E-state index contributed by atoms with van der Waals surface area (Å²) in [5, 5.41) is 3.48. The first-order valence-electron chi connectivity index (χ1n) is 6.53. The molecule has 3 N–H and O–H groups in total. The average Bonchev–Trinajstić information content (AvgIpc) is 2.35. The van der Waals surface area contributed by atoms with Crippen molar-refractivity contribution in [2.75, 3.05) is 17.6 Å². The Morgan fingerprint density at radius 1 is 1.29 bits per heavy atom. The minimum absolute atomic E-state index is 0.829. The van der Waals surface area contributed by atoms with Crippen LogP contribution in [0.15, 0.2) is 29.8 Å². The predicted molar refractivity (Wildman–Crippen MR) is 75.2 cm³/mol. The molecule has 0 saturated carbocycles. The highest BCUT2D eigenvalue weighted by molar-refractivity contribution is 5.59. The summed E-state index contributed by atoms with van der Waals surface area (Å²) in [6.45, 7) is 3.12. The van der Waals surface area contributed by atoms with Crippen LogP contribution in [0.3, 0.4) is 0 Å². The van der Waals surface area contributed by atoms with Crippen LogP contribution in [0.5, 0.6) is 0 Å². The van der Waals surface area contributed by atoms with E-state index in [9.17, 15) is 0 Å². The van der Waals surface area contributed by atoms with Crippen LogP contribution in [0.4, 0.5) is 11.4 Å². The van der Waals surface area contributed by atoms with Crippen molar-refractivity contribution in [3.8, 4) is 0 Å². The molecule has 1 aliphatic carbocycles. The highest BCUT2D eigenvalue weighted by atomic mass is 14.9. The van der Waals surface area contributed by atoms with Crippen molar-refractivity contribution < 1.29 is 0 Å². The Bertz CT molecular complexity index is 407. The number of benzene rings is 1. The molecule has 0 radical (unpaired) electrons. The first-order chi connectivity index (χ1) is 8.25. The van der Waals surface area contributed by atoms with Gasteiger partial charge in [0.05, 0.1) is 0 Å². The Balaban J connectivity index is 1.85. The molecular formula is C15H22N2. The van der Waals surface area contributed by atoms with Gasteiger partial charge in [0.1, 0.15) is 0 Å². The van der Waals surface area contributed by atoms with Crippen LogP contribution in [-0.4, -0.2) is 6.54 Å². The topological polar surface area (TPSA) is 38.0 Å². The van der Waals surface area contributed by atoms with E-state index in [0.717, 1.165) is 18.7 Å². The Kier molecular flexibility index (Phi) is 4.08. The molecule has 2 heteroatoms. The molecule has 0 bridgehead atoms. The Hall–Kier alpha value is -1.44. The SMILES string of the molecule is Cc1ccc(N)cc1NCCC1=CCCCC1. The molecule has 92 valence electrons. The standard InChI is InChI=1S/C15H22N2/c1-12-7-8-14(16)11-15(12)17-10-9-13-5-3-2-4-6-13/h5,7-8,11,17H,2-4,6,9-10,16H2,1H3. The second-order valence-corrected chi connectivity index (χ2v) is 4.86. The first-order valence-corrected chi connectivity index (χ1v) is 6.53. The van der Waals surface area contributed by atoms with Crippen LogP contribution in [0.1, 0.15) is 37.7 Å². The maximum absolute atomic E-state index is 5.79. The van der Waals surface area contributed by atoms with Crippen LogP contribution in [-0.2, 0) is 0 Å². The molecule has 0 amide bonds. The smallest absolute Gasteiger partial charge is 0.0390 e. The van der Waals surface area contributed by atoms with Gasteiger partial charge in [-0.2, -0.15) is 0 Å². The van der Waals surface area contributed by atoms with E-state index in [1.807, 2.05) is 12.1 Å². The summed E-state index contributed by atoms with van der Waals surface area (Å²) in [5.74, 6) is 0.